The summed E-state index contributed by atoms with van der Waals surface area (Å²) in [4.78, 5) is 4.29. The number of phenolic OH excluding ortho intramolecular Hbond substituents is 1. The summed E-state index contributed by atoms with van der Waals surface area (Å²) in [6, 6.07) is 7.80. The van der Waals surface area contributed by atoms with E-state index in [1.165, 1.54) is 0 Å². The molecule has 18 heavy (non-hydrogen) atoms. The lowest BCUT2D eigenvalue weighted by molar-refractivity contribution is 0.467. The Kier molecular flexibility index (Phi) is 3.87. The maximum absolute atomic E-state index is 9.86. The van der Waals surface area contributed by atoms with Gasteiger partial charge in [-0.2, -0.15) is 0 Å². The van der Waals surface area contributed by atoms with E-state index < -0.39 is 0 Å². The number of nitrogens with zero attached hydrogens (tertiary/aromatic N) is 1. The number of phenols is 1. The van der Waals surface area contributed by atoms with E-state index in [1.807, 2.05) is 38.1 Å². The van der Waals surface area contributed by atoms with Gasteiger partial charge in [-0.15, -0.1) is 0 Å². The maximum Gasteiger partial charge on any atom is 0.123 e. The van der Waals surface area contributed by atoms with Gasteiger partial charge in [-0.3, -0.25) is 4.98 Å². The number of rotatable bonds is 3. The van der Waals surface area contributed by atoms with E-state index >= 15 is 0 Å². The number of aromatic hydroxyl groups is 1. The predicted molar refractivity (Wildman–Crippen MR) is 76.8 cm³/mol. The second kappa shape index (κ2) is 5.40. The molecule has 0 saturated heterocycles. The summed E-state index contributed by atoms with van der Waals surface area (Å²) >= 11 is 3.35. The van der Waals surface area contributed by atoms with Crippen molar-refractivity contribution in [2.75, 3.05) is 5.32 Å². The van der Waals surface area contributed by atoms with E-state index in [2.05, 4.69) is 26.2 Å². The molecular weight excluding hydrogens is 292 g/mol. The number of hydrogen-bond donors (Lipinski definition) is 2. The summed E-state index contributed by atoms with van der Waals surface area (Å²) in [6.45, 7) is 4.43. The summed E-state index contributed by atoms with van der Waals surface area (Å²) in [5.41, 5.74) is 3.65. The number of aryl methyl sites for hydroxylation is 1. The molecule has 2 rings (SSSR count). The lowest BCUT2D eigenvalue weighted by Crippen LogP contribution is -2.03. The van der Waals surface area contributed by atoms with Gasteiger partial charge in [0, 0.05) is 21.9 Å². The molecule has 0 aliphatic carbocycles. The average molecular weight is 307 g/mol. The van der Waals surface area contributed by atoms with Crippen LogP contribution in [0.3, 0.4) is 0 Å². The Hall–Kier alpha value is -1.55. The molecule has 0 spiro atoms. The van der Waals surface area contributed by atoms with Crippen LogP contribution in [0.5, 0.6) is 5.75 Å². The van der Waals surface area contributed by atoms with Gasteiger partial charge >= 0.3 is 0 Å². The number of halogens is 1. The van der Waals surface area contributed by atoms with Gasteiger partial charge in [0.05, 0.1) is 12.2 Å². The lowest BCUT2D eigenvalue weighted by atomic mass is 10.1. The quantitative estimate of drug-likeness (QED) is 0.907. The Morgan fingerprint density at radius 3 is 2.67 bits per heavy atom. The van der Waals surface area contributed by atoms with Crippen LogP contribution in [0.2, 0.25) is 0 Å². The monoisotopic (exact) mass is 306 g/mol. The molecule has 2 N–H and O–H groups in total. The van der Waals surface area contributed by atoms with Gasteiger partial charge in [0.15, 0.2) is 0 Å². The molecule has 0 aliphatic heterocycles. The van der Waals surface area contributed by atoms with Crippen LogP contribution in [0, 0.1) is 13.8 Å². The predicted octanol–water partition coefficient (Wildman–Crippen LogP) is 3.78. The molecule has 0 aliphatic rings. The fraction of sp³-hybridized carbons (Fsp3) is 0.214. The second-order valence-electron chi connectivity index (χ2n) is 4.22. The summed E-state index contributed by atoms with van der Waals surface area (Å²) in [5.74, 6) is 0.351. The minimum Gasteiger partial charge on any atom is -0.507 e. The largest absolute Gasteiger partial charge is 0.507 e. The van der Waals surface area contributed by atoms with Crippen LogP contribution < -0.4 is 5.32 Å². The molecule has 0 saturated carbocycles. The Morgan fingerprint density at radius 2 is 2.00 bits per heavy atom. The number of nitrogens with one attached hydrogen (secondary N) is 1. The number of benzene rings is 1. The summed E-state index contributed by atoms with van der Waals surface area (Å²) in [5, 5.41) is 13.1. The van der Waals surface area contributed by atoms with Crippen molar-refractivity contribution in [1.29, 1.82) is 0 Å². The zero-order valence-electron chi connectivity index (χ0n) is 10.4. The van der Waals surface area contributed by atoms with Crippen molar-refractivity contribution in [3.05, 3.63) is 51.8 Å². The zero-order chi connectivity index (χ0) is 13.1. The van der Waals surface area contributed by atoms with Gasteiger partial charge in [0.2, 0.25) is 0 Å². The fourth-order valence-corrected chi connectivity index (χ4v) is 1.96. The number of aromatic nitrogens is 1. The van der Waals surface area contributed by atoms with E-state index in [0.717, 1.165) is 27.0 Å². The van der Waals surface area contributed by atoms with Gasteiger partial charge in [0.1, 0.15) is 5.75 Å². The van der Waals surface area contributed by atoms with Crippen LogP contribution in [-0.4, -0.2) is 10.1 Å². The van der Waals surface area contributed by atoms with Gasteiger partial charge in [-0.05, 0) is 53.5 Å². The van der Waals surface area contributed by atoms with Crippen LogP contribution in [0.1, 0.15) is 16.8 Å². The molecule has 0 bridgehead atoms. The maximum atomic E-state index is 9.86. The van der Waals surface area contributed by atoms with Crippen LogP contribution in [0.15, 0.2) is 34.9 Å². The minimum absolute atomic E-state index is 0.351. The molecule has 0 radical (unpaired) electrons. The zero-order valence-corrected chi connectivity index (χ0v) is 12.0. The summed E-state index contributed by atoms with van der Waals surface area (Å²) in [6.07, 6.45) is 1.77. The van der Waals surface area contributed by atoms with Crippen LogP contribution in [0.4, 0.5) is 5.69 Å². The first kappa shape index (κ1) is 12.9. The smallest absolute Gasteiger partial charge is 0.123 e. The Labute approximate surface area is 115 Å². The topological polar surface area (TPSA) is 45.2 Å². The van der Waals surface area contributed by atoms with E-state index in [0.29, 0.717) is 12.3 Å². The van der Waals surface area contributed by atoms with E-state index in [4.69, 9.17) is 0 Å². The molecule has 1 aromatic carbocycles. The summed E-state index contributed by atoms with van der Waals surface area (Å²) in [7, 11) is 0. The van der Waals surface area contributed by atoms with Crippen LogP contribution in [-0.2, 0) is 6.54 Å². The van der Waals surface area contributed by atoms with E-state index in [-0.39, 0.29) is 0 Å². The molecule has 0 amide bonds. The first-order chi connectivity index (χ1) is 8.58. The fourth-order valence-electron chi connectivity index (χ4n) is 1.72. The van der Waals surface area contributed by atoms with E-state index in [1.54, 1.807) is 6.20 Å². The number of pyridine rings is 1. The average Bonchev–Trinajstić information content (AvgIpc) is 2.37. The van der Waals surface area contributed by atoms with Gasteiger partial charge < -0.3 is 10.4 Å². The van der Waals surface area contributed by atoms with Crippen molar-refractivity contribution in [2.24, 2.45) is 0 Å². The highest BCUT2D eigenvalue weighted by atomic mass is 79.9. The van der Waals surface area contributed by atoms with Crippen LogP contribution in [0.25, 0.3) is 0 Å². The van der Waals surface area contributed by atoms with Crippen LogP contribution >= 0.6 is 15.9 Å². The van der Waals surface area contributed by atoms with Crippen molar-refractivity contribution < 1.29 is 5.11 Å². The molecule has 2 aromatic rings. The minimum atomic E-state index is 0.351. The molecule has 4 heteroatoms. The molecular formula is C14H15BrN2O. The van der Waals surface area contributed by atoms with Crippen molar-refractivity contribution >= 4 is 21.6 Å². The third kappa shape index (κ3) is 2.82. The van der Waals surface area contributed by atoms with Crippen molar-refractivity contribution in [1.82, 2.24) is 4.98 Å². The molecule has 1 heterocycles. The third-order valence-corrected chi connectivity index (χ3v) is 3.35. The highest BCUT2D eigenvalue weighted by molar-refractivity contribution is 9.10. The molecule has 0 unspecified atom stereocenters. The standard InChI is InChI=1S/C14H15BrN2O/c1-9-3-6-13(10(2)14(9)18)17-8-12-5-4-11(15)7-16-12/h3-7,17-18H,8H2,1-2H3. The molecule has 0 fully saturated rings. The molecule has 94 valence electrons. The Morgan fingerprint density at radius 1 is 1.22 bits per heavy atom. The molecule has 1 aromatic heterocycles. The second-order valence-corrected chi connectivity index (χ2v) is 5.14. The lowest BCUT2D eigenvalue weighted by Gasteiger charge is -2.12. The van der Waals surface area contributed by atoms with Gasteiger partial charge in [-0.1, -0.05) is 6.07 Å². The van der Waals surface area contributed by atoms with E-state index in [9.17, 15) is 5.11 Å². The van der Waals surface area contributed by atoms with Gasteiger partial charge in [0.25, 0.3) is 0 Å². The highest BCUT2D eigenvalue weighted by Gasteiger charge is 2.05. The Balaban J connectivity index is 2.11. The molecule has 0 atom stereocenters. The van der Waals surface area contributed by atoms with Crippen molar-refractivity contribution in [3.63, 3.8) is 0 Å². The van der Waals surface area contributed by atoms with Crippen molar-refractivity contribution in [2.45, 2.75) is 20.4 Å². The Bertz CT molecular complexity index is 552. The number of hydrogen-bond acceptors (Lipinski definition) is 3. The first-order valence-corrected chi connectivity index (χ1v) is 6.50. The normalized spacial score (nSPS) is 10.4. The summed E-state index contributed by atoms with van der Waals surface area (Å²) < 4.78 is 0.968. The van der Waals surface area contributed by atoms with Crippen molar-refractivity contribution in [3.8, 4) is 5.75 Å². The SMILES string of the molecule is Cc1ccc(NCc2ccc(Br)cn2)c(C)c1O. The first-order valence-electron chi connectivity index (χ1n) is 5.71. The highest BCUT2D eigenvalue weighted by Crippen LogP contribution is 2.28. The number of anilines is 1. The molecule has 3 nitrogen and oxygen atoms in total. The van der Waals surface area contributed by atoms with Gasteiger partial charge in [-0.25, -0.2) is 0 Å². The third-order valence-electron chi connectivity index (χ3n) is 2.88.